The van der Waals surface area contributed by atoms with Gasteiger partial charge in [-0.2, -0.15) is 0 Å². The fourth-order valence-electron chi connectivity index (χ4n) is 1.92. The van der Waals surface area contributed by atoms with Crippen LogP contribution in [0, 0.1) is 0 Å². The van der Waals surface area contributed by atoms with Crippen molar-refractivity contribution in [3.05, 3.63) is 40.7 Å². The number of aromatic amines is 1. The van der Waals surface area contributed by atoms with E-state index in [1.54, 1.807) is 13.0 Å². The number of hydrogen-bond donors (Lipinski definition) is 3. The highest BCUT2D eigenvalue weighted by atomic mass is 16.5. The Balaban J connectivity index is 1.81. The Bertz CT molecular complexity index is 607. The standard InChI is InChI=1S/C15H20N2O3/c1-11(18)10-16-7-2-8-20-13-4-5-14-12(9-13)3-6-15(19)17-14/h3-6,9,11,16,18H,2,7-8,10H2,1H3,(H,17,19). The maximum atomic E-state index is 11.2. The first kappa shape index (κ1) is 14.6. The molecule has 0 aliphatic heterocycles. The van der Waals surface area contributed by atoms with Crippen LogP contribution in [0.5, 0.6) is 5.75 Å². The van der Waals surface area contributed by atoms with Gasteiger partial charge in [0.1, 0.15) is 5.75 Å². The van der Waals surface area contributed by atoms with Gasteiger partial charge in [-0.15, -0.1) is 0 Å². The smallest absolute Gasteiger partial charge is 0.248 e. The lowest BCUT2D eigenvalue weighted by Gasteiger charge is -2.09. The molecule has 2 aromatic rings. The molecule has 0 radical (unpaired) electrons. The second-order valence-corrected chi connectivity index (χ2v) is 4.83. The molecule has 1 aromatic heterocycles. The molecule has 2 rings (SSSR count). The van der Waals surface area contributed by atoms with Gasteiger partial charge in [0.25, 0.3) is 0 Å². The summed E-state index contributed by atoms with van der Waals surface area (Å²) in [5, 5.41) is 13.2. The minimum Gasteiger partial charge on any atom is -0.494 e. The second kappa shape index (κ2) is 7.07. The zero-order chi connectivity index (χ0) is 14.4. The van der Waals surface area contributed by atoms with Crippen molar-refractivity contribution < 1.29 is 9.84 Å². The van der Waals surface area contributed by atoms with Crippen molar-refractivity contribution in [1.29, 1.82) is 0 Å². The van der Waals surface area contributed by atoms with E-state index in [9.17, 15) is 4.79 Å². The van der Waals surface area contributed by atoms with Gasteiger partial charge in [0, 0.05) is 23.5 Å². The first-order valence-corrected chi connectivity index (χ1v) is 6.80. The molecule has 0 amide bonds. The van der Waals surface area contributed by atoms with E-state index in [0.29, 0.717) is 13.2 Å². The number of H-pyrrole nitrogens is 1. The van der Waals surface area contributed by atoms with Gasteiger partial charge in [0.2, 0.25) is 5.56 Å². The molecular weight excluding hydrogens is 256 g/mol. The highest BCUT2D eigenvalue weighted by Gasteiger charge is 1.99. The molecule has 5 heteroatoms. The van der Waals surface area contributed by atoms with Gasteiger partial charge in [-0.1, -0.05) is 0 Å². The molecule has 0 saturated heterocycles. The quantitative estimate of drug-likeness (QED) is 0.666. The number of aliphatic hydroxyl groups is 1. The molecule has 0 bridgehead atoms. The fourth-order valence-corrected chi connectivity index (χ4v) is 1.92. The number of nitrogens with one attached hydrogen (secondary N) is 2. The Morgan fingerprint density at radius 2 is 2.20 bits per heavy atom. The van der Waals surface area contributed by atoms with E-state index in [0.717, 1.165) is 29.6 Å². The number of hydrogen-bond acceptors (Lipinski definition) is 4. The molecular formula is C15H20N2O3. The van der Waals surface area contributed by atoms with Crippen LogP contribution in [0.2, 0.25) is 0 Å². The van der Waals surface area contributed by atoms with Gasteiger partial charge >= 0.3 is 0 Å². The van der Waals surface area contributed by atoms with Crippen LogP contribution in [0.4, 0.5) is 0 Å². The Labute approximate surface area is 117 Å². The van der Waals surface area contributed by atoms with Crippen LogP contribution in [0.1, 0.15) is 13.3 Å². The topological polar surface area (TPSA) is 74.3 Å². The van der Waals surface area contributed by atoms with Crippen molar-refractivity contribution >= 4 is 10.9 Å². The van der Waals surface area contributed by atoms with Gasteiger partial charge < -0.3 is 20.1 Å². The highest BCUT2D eigenvalue weighted by molar-refractivity contribution is 5.79. The average Bonchev–Trinajstić information content (AvgIpc) is 2.42. The van der Waals surface area contributed by atoms with Crippen molar-refractivity contribution in [3.63, 3.8) is 0 Å². The van der Waals surface area contributed by atoms with Crippen molar-refractivity contribution in [2.24, 2.45) is 0 Å². The lowest BCUT2D eigenvalue weighted by molar-refractivity contribution is 0.190. The summed E-state index contributed by atoms with van der Waals surface area (Å²) in [6, 6.07) is 8.89. The van der Waals surface area contributed by atoms with Gasteiger partial charge in [-0.25, -0.2) is 0 Å². The van der Waals surface area contributed by atoms with Gasteiger partial charge in [0.15, 0.2) is 0 Å². The van der Waals surface area contributed by atoms with Gasteiger partial charge in [0.05, 0.1) is 12.7 Å². The Morgan fingerprint density at radius 1 is 1.35 bits per heavy atom. The Morgan fingerprint density at radius 3 is 3.00 bits per heavy atom. The van der Waals surface area contributed by atoms with Crippen molar-refractivity contribution in [2.45, 2.75) is 19.4 Å². The predicted octanol–water partition coefficient (Wildman–Crippen LogP) is 1.27. The van der Waals surface area contributed by atoms with Crippen molar-refractivity contribution in [1.82, 2.24) is 10.3 Å². The lowest BCUT2D eigenvalue weighted by Crippen LogP contribution is -2.26. The molecule has 0 spiro atoms. The highest BCUT2D eigenvalue weighted by Crippen LogP contribution is 2.18. The lowest BCUT2D eigenvalue weighted by atomic mass is 10.2. The predicted molar refractivity (Wildman–Crippen MR) is 79.2 cm³/mol. The maximum Gasteiger partial charge on any atom is 0.248 e. The number of benzene rings is 1. The number of rotatable bonds is 7. The summed E-state index contributed by atoms with van der Waals surface area (Å²) in [7, 11) is 0. The first-order valence-electron chi connectivity index (χ1n) is 6.80. The Hall–Kier alpha value is -1.85. The van der Waals surface area contributed by atoms with Crippen LogP contribution in [0.3, 0.4) is 0 Å². The Kier molecular flexibility index (Phi) is 5.15. The van der Waals surface area contributed by atoms with Crippen molar-refractivity contribution in [3.8, 4) is 5.75 Å². The van der Waals surface area contributed by atoms with Crippen molar-refractivity contribution in [2.75, 3.05) is 19.7 Å². The molecule has 0 aliphatic rings. The molecule has 0 saturated carbocycles. The molecule has 0 fully saturated rings. The fraction of sp³-hybridized carbons (Fsp3) is 0.400. The molecule has 1 unspecified atom stereocenters. The van der Waals surface area contributed by atoms with Crippen LogP contribution in [0.15, 0.2) is 35.1 Å². The monoisotopic (exact) mass is 276 g/mol. The zero-order valence-corrected chi connectivity index (χ0v) is 11.6. The molecule has 1 atom stereocenters. The van der Waals surface area contributed by atoms with Gasteiger partial charge in [-0.3, -0.25) is 4.79 Å². The SMILES string of the molecule is CC(O)CNCCCOc1ccc2[nH]c(=O)ccc2c1. The second-order valence-electron chi connectivity index (χ2n) is 4.83. The normalized spacial score (nSPS) is 12.5. The largest absolute Gasteiger partial charge is 0.494 e. The average molecular weight is 276 g/mol. The summed E-state index contributed by atoms with van der Waals surface area (Å²) >= 11 is 0. The summed E-state index contributed by atoms with van der Waals surface area (Å²) in [6.07, 6.45) is 0.551. The van der Waals surface area contributed by atoms with E-state index in [1.165, 1.54) is 6.07 Å². The zero-order valence-electron chi connectivity index (χ0n) is 11.6. The third-order valence-corrected chi connectivity index (χ3v) is 2.90. The number of aliphatic hydroxyl groups excluding tert-OH is 1. The van der Waals surface area contributed by atoms with E-state index in [4.69, 9.17) is 9.84 Å². The minimum absolute atomic E-state index is 0.102. The molecule has 1 heterocycles. The van der Waals surface area contributed by atoms with Crippen LogP contribution in [-0.4, -0.2) is 35.9 Å². The molecule has 0 aliphatic carbocycles. The molecule has 3 N–H and O–H groups in total. The van der Waals surface area contributed by atoms with Crippen LogP contribution >= 0.6 is 0 Å². The maximum absolute atomic E-state index is 11.2. The summed E-state index contributed by atoms with van der Waals surface area (Å²) in [5.41, 5.74) is 0.707. The minimum atomic E-state index is -0.321. The summed E-state index contributed by atoms with van der Waals surface area (Å²) in [6.45, 7) is 3.78. The molecule has 20 heavy (non-hydrogen) atoms. The van der Waals surface area contributed by atoms with E-state index in [1.807, 2.05) is 18.2 Å². The summed E-state index contributed by atoms with van der Waals surface area (Å²) in [5.74, 6) is 0.792. The van der Waals surface area contributed by atoms with E-state index in [-0.39, 0.29) is 11.7 Å². The third-order valence-electron chi connectivity index (χ3n) is 2.90. The number of pyridine rings is 1. The number of ether oxygens (including phenoxy) is 1. The summed E-state index contributed by atoms with van der Waals surface area (Å²) in [4.78, 5) is 13.9. The first-order chi connectivity index (χ1) is 9.65. The summed E-state index contributed by atoms with van der Waals surface area (Å²) < 4.78 is 5.66. The van der Waals surface area contributed by atoms with E-state index in [2.05, 4.69) is 10.3 Å². The van der Waals surface area contributed by atoms with Crippen LogP contribution in [-0.2, 0) is 0 Å². The molecule has 5 nitrogen and oxygen atoms in total. The molecule has 108 valence electrons. The number of aromatic nitrogens is 1. The van der Waals surface area contributed by atoms with E-state index < -0.39 is 0 Å². The third kappa shape index (κ3) is 4.36. The van der Waals surface area contributed by atoms with Gasteiger partial charge in [-0.05, 0) is 44.2 Å². The molecule has 1 aromatic carbocycles. The number of fused-ring (bicyclic) bond motifs is 1. The van der Waals surface area contributed by atoms with Crippen LogP contribution in [0.25, 0.3) is 10.9 Å². The van der Waals surface area contributed by atoms with Crippen LogP contribution < -0.4 is 15.6 Å². The van der Waals surface area contributed by atoms with E-state index >= 15 is 0 Å².